The van der Waals surface area contributed by atoms with Gasteiger partial charge in [-0.3, -0.25) is 0 Å². The minimum absolute atomic E-state index is 0.238. The average molecular weight is 379 g/mol. The maximum Gasteiger partial charge on any atom is 0.0967 e. The van der Waals surface area contributed by atoms with Crippen LogP contribution in [0.3, 0.4) is 0 Å². The first kappa shape index (κ1) is 13.1. The normalized spacial score (nSPS) is 12.7. The highest BCUT2D eigenvalue weighted by Crippen LogP contribution is 2.27. The van der Waals surface area contributed by atoms with Gasteiger partial charge in [-0.2, -0.15) is 0 Å². The Morgan fingerprint density at radius 3 is 2.88 bits per heavy atom. The SMILES string of the molecule is CCC(Br)c1cn(-c2ccc(Br)c(Cl)c2)nn1. The fourth-order valence-electron chi connectivity index (χ4n) is 1.38. The molecule has 1 unspecified atom stereocenters. The predicted molar refractivity (Wildman–Crippen MR) is 76.0 cm³/mol. The van der Waals surface area contributed by atoms with Gasteiger partial charge in [0.15, 0.2) is 0 Å². The second-order valence-electron chi connectivity index (χ2n) is 3.56. The summed E-state index contributed by atoms with van der Waals surface area (Å²) in [7, 11) is 0. The summed E-state index contributed by atoms with van der Waals surface area (Å²) >= 11 is 12.9. The molecule has 1 atom stereocenters. The molecule has 0 bridgehead atoms. The van der Waals surface area contributed by atoms with Crippen molar-refractivity contribution in [2.75, 3.05) is 0 Å². The summed E-state index contributed by atoms with van der Waals surface area (Å²) in [5, 5.41) is 8.87. The average Bonchev–Trinajstić information content (AvgIpc) is 2.81. The second-order valence-corrected chi connectivity index (χ2v) is 5.93. The van der Waals surface area contributed by atoms with Gasteiger partial charge in [0.05, 0.1) is 27.4 Å². The van der Waals surface area contributed by atoms with E-state index in [4.69, 9.17) is 11.6 Å². The molecule has 0 amide bonds. The molecule has 1 aromatic carbocycles. The molecule has 0 saturated heterocycles. The van der Waals surface area contributed by atoms with Crippen LogP contribution in [0.4, 0.5) is 0 Å². The van der Waals surface area contributed by atoms with E-state index in [0.717, 1.165) is 22.3 Å². The van der Waals surface area contributed by atoms with Crippen molar-refractivity contribution in [3.05, 3.63) is 39.6 Å². The molecule has 0 aliphatic carbocycles. The highest BCUT2D eigenvalue weighted by Gasteiger charge is 2.10. The van der Waals surface area contributed by atoms with Crippen molar-refractivity contribution in [2.45, 2.75) is 18.2 Å². The maximum atomic E-state index is 6.04. The Balaban J connectivity index is 2.33. The highest BCUT2D eigenvalue weighted by atomic mass is 79.9. The molecule has 1 heterocycles. The van der Waals surface area contributed by atoms with E-state index in [1.807, 2.05) is 24.4 Å². The lowest BCUT2D eigenvalue weighted by Crippen LogP contribution is -1.94. The number of nitrogens with zero attached hydrogens (tertiary/aromatic N) is 3. The van der Waals surface area contributed by atoms with E-state index >= 15 is 0 Å². The summed E-state index contributed by atoms with van der Waals surface area (Å²) in [5.74, 6) is 0. The zero-order chi connectivity index (χ0) is 12.4. The van der Waals surface area contributed by atoms with Crippen molar-refractivity contribution in [3.8, 4) is 5.69 Å². The number of alkyl halides is 1. The molecular weight excluding hydrogens is 369 g/mol. The van der Waals surface area contributed by atoms with Crippen LogP contribution in [0.15, 0.2) is 28.9 Å². The van der Waals surface area contributed by atoms with Gasteiger partial charge in [0.2, 0.25) is 0 Å². The Hall–Kier alpha value is -0.390. The molecule has 2 aromatic rings. The third-order valence-electron chi connectivity index (χ3n) is 2.36. The Labute approximate surface area is 121 Å². The van der Waals surface area contributed by atoms with Crippen molar-refractivity contribution in [1.29, 1.82) is 0 Å². The summed E-state index contributed by atoms with van der Waals surface area (Å²) in [5.41, 5.74) is 1.82. The Kier molecular flexibility index (Phi) is 4.22. The van der Waals surface area contributed by atoms with Gasteiger partial charge in [-0.1, -0.05) is 39.7 Å². The third-order valence-corrected chi connectivity index (χ3v) is 4.71. The molecule has 0 aliphatic rings. The fourth-order valence-corrected chi connectivity index (χ4v) is 2.01. The standard InChI is InChI=1S/C11H10Br2ClN3/c1-2-8(12)11-6-17(16-15-11)7-3-4-9(13)10(14)5-7/h3-6,8H,2H2,1H3. The van der Waals surface area contributed by atoms with E-state index in [1.54, 1.807) is 4.68 Å². The molecule has 2 rings (SSSR count). The van der Waals surface area contributed by atoms with E-state index in [2.05, 4.69) is 49.1 Å². The van der Waals surface area contributed by atoms with E-state index in [1.165, 1.54) is 0 Å². The highest BCUT2D eigenvalue weighted by molar-refractivity contribution is 9.10. The van der Waals surface area contributed by atoms with Crippen LogP contribution in [-0.2, 0) is 0 Å². The molecule has 0 radical (unpaired) electrons. The van der Waals surface area contributed by atoms with Crippen LogP contribution >= 0.6 is 43.5 Å². The smallest absolute Gasteiger partial charge is 0.0967 e. The molecule has 3 nitrogen and oxygen atoms in total. The van der Waals surface area contributed by atoms with Crippen molar-refractivity contribution >= 4 is 43.5 Å². The Morgan fingerprint density at radius 2 is 2.24 bits per heavy atom. The van der Waals surface area contributed by atoms with Crippen molar-refractivity contribution in [3.63, 3.8) is 0 Å². The van der Waals surface area contributed by atoms with Gasteiger partial charge in [0, 0.05) is 4.47 Å². The molecule has 0 N–H and O–H groups in total. The van der Waals surface area contributed by atoms with Crippen LogP contribution in [0.2, 0.25) is 5.02 Å². The summed E-state index contributed by atoms with van der Waals surface area (Å²) < 4.78 is 2.59. The zero-order valence-corrected chi connectivity index (χ0v) is 13.0. The first-order valence-corrected chi connectivity index (χ1v) is 7.22. The van der Waals surface area contributed by atoms with E-state index in [9.17, 15) is 0 Å². The van der Waals surface area contributed by atoms with Gasteiger partial charge < -0.3 is 0 Å². The Bertz CT molecular complexity index is 527. The number of halogens is 3. The molecular formula is C11H10Br2ClN3. The van der Waals surface area contributed by atoms with Crippen LogP contribution in [0.5, 0.6) is 0 Å². The largest absolute Gasteiger partial charge is 0.220 e. The summed E-state index contributed by atoms with van der Waals surface area (Å²) in [4.78, 5) is 0.238. The van der Waals surface area contributed by atoms with E-state index < -0.39 is 0 Å². The van der Waals surface area contributed by atoms with Crippen molar-refractivity contribution in [2.24, 2.45) is 0 Å². The molecule has 1 aromatic heterocycles. The van der Waals surface area contributed by atoms with Gasteiger partial charge in [-0.25, -0.2) is 4.68 Å². The molecule has 90 valence electrons. The predicted octanol–water partition coefficient (Wildman–Crippen LogP) is 4.53. The number of aromatic nitrogens is 3. The number of hydrogen-bond donors (Lipinski definition) is 0. The molecule has 6 heteroatoms. The Morgan fingerprint density at radius 1 is 1.47 bits per heavy atom. The number of rotatable bonds is 3. The lowest BCUT2D eigenvalue weighted by atomic mass is 10.3. The van der Waals surface area contributed by atoms with Crippen molar-refractivity contribution < 1.29 is 0 Å². The molecule has 0 aliphatic heterocycles. The lowest BCUT2D eigenvalue weighted by Gasteiger charge is -2.02. The topological polar surface area (TPSA) is 30.7 Å². The maximum absolute atomic E-state index is 6.04. The van der Waals surface area contributed by atoms with Gasteiger partial charge in [0.1, 0.15) is 0 Å². The third kappa shape index (κ3) is 2.89. The molecule has 0 spiro atoms. The van der Waals surface area contributed by atoms with Crippen LogP contribution in [0, 0.1) is 0 Å². The summed E-state index contributed by atoms with van der Waals surface area (Å²) in [6, 6.07) is 5.67. The van der Waals surface area contributed by atoms with Crippen LogP contribution < -0.4 is 0 Å². The molecule has 17 heavy (non-hydrogen) atoms. The molecule has 0 fully saturated rings. The number of hydrogen-bond acceptors (Lipinski definition) is 2. The second kappa shape index (κ2) is 5.50. The fraction of sp³-hybridized carbons (Fsp3) is 0.273. The van der Waals surface area contributed by atoms with E-state index in [0.29, 0.717) is 5.02 Å². The van der Waals surface area contributed by atoms with Crippen LogP contribution in [0.1, 0.15) is 23.9 Å². The minimum Gasteiger partial charge on any atom is -0.220 e. The lowest BCUT2D eigenvalue weighted by molar-refractivity contribution is 0.790. The monoisotopic (exact) mass is 377 g/mol. The number of benzene rings is 1. The van der Waals surface area contributed by atoms with Crippen molar-refractivity contribution in [1.82, 2.24) is 15.0 Å². The van der Waals surface area contributed by atoms with Gasteiger partial charge in [0.25, 0.3) is 0 Å². The summed E-state index contributed by atoms with van der Waals surface area (Å²) in [6.45, 7) is 2.09. The van der Waals surface area contributed by atoms with Gasteiger partial charge in [-0.05, 0) is 40.5 Å². The molecule has 0 saturated carbocycles. The van der Waals surface area contributed by atoms with Gasteiger partial charge in [-0.15, -0.1) is 5.10 Å². The van der Waals surface area contributed by atoms with E-state index in [-0.39, 0.29) is 4.83 Å². The first-order chi connectivity index (χ1) is 8.11. The zero-order valence-electron chi connectivity index (χ0n) is 9.07. The minimum atomic E-state index is 0.238. The van der Waals surface area contributed by atoms with Crippen LogP contribution in [0.25, 0.3) is 5.69 Å². The summed E-state index contributed by atoms with van der Waals surface area (Å²) in [6.07, 6.45) is 2.88. The quantitative estimate of drug-likeness (QED) is 0.734. The van der Waals surface area contributed by atoms with Gasteiger partial charge >= 0.3 is 0 Å². The first-order valence-electron chi connectivity index (χ1n) is 5.13. The van der Waals surface area contributed by atoms with Crippen LogP contribution in [-0.4, -0.2) is 15.0 Å².